The minimum absolute atomic E-state index is 0.00575. The van der Waals surface area contributed by atoms with E-state index in [9.17, 15) is 26.3 Å². The van der Waals surface area contributed by atoms with Gasteiger partial charge < -0.3 is 9.84 Å². The first-order valence-corrected chi connectivity index (χ1v) is 4.41. The second-order valence-corrected chi connectivity index (χ2v) is 3.40. The summed E-state index contributed by atoms with van der Waals surface area (Å²) in [7, 11) is 0. The van der Waals surface area contributed by atoms with E-state index < -0.39 is 30.7 Å². The number of hydrogen-bond donors (Lipinski definition) is 1. The van der Waals surface area contributed by atoms with Gasteiger partial charge in [-0.1, -0.05) is 6.92 Å². The van der Waals surface area contributed by atoms with Crippen LogP contribution >= 0.6 is 0 Å². The molecule has 0 amide bonds. The Hall–Kier alpha value is -0.500. The Kier molecular flexibility index (Phi) is 4.64. The third-order valence-electron chi connectivity index (χ3n) is 2.12. The van der Waals surface area contributed by atoms with Crippen molar-refractivity contribution in [2.75, 3.05) is 6.61 Å². The maximum Gasteiger partial charge on any atom is 0.426 e. The summed E-state index contributed by atoms with van der Waals surface area (Å²) in [6.45, 7) is 0.286. The molecule has 98 valence electrons. The van der Waals surface area contributed by atoms with Crippen molar-refractivity contribution in [2.45, 2.75) is 44.3 Å². The molecule has 0 aliphatic heterocycles. The van der Waals surface area contributed by atoms with Crippen LogP contribution in [0.1, 0.15) is 20.3 Å². The first kappa shape index (κ1) is 15.5. The van der Waals surface area contributed by atoms with Crippen molar-refractivity contribution < 1.29 is 36.2 Å². The lowest BCUT2D eigenvalue weighted by atomic mass is 10.1. The Morgan fingerprint density at radius 1 is 1.06 bits per heavy atom. The first-order chi connectivity index (χ1) is 6.95. The largest absolute Gasteiger partial charge is 0.426 e. The number of aliphatic hydroxyl groups excluding tert-OH is 1. The van der Waals surface area contributed by atoms with Crippen molar-refractivity contribution in [3.8, 4) is 0 Å². The fraction of sp³-hybridized carbons (Fsp3) is 1.00. The number of hydrogen-bond acceptors (Lipinski definition) is 2. The van der Waals surface area contributed by atoms with E-state index in [1.165, 1.54) is 6.92 Å². The van der Waals surface area contributed by atoms with Crippen molar-refractivity contribution in [3.63, 3.8) is 0 Å². The van der Waals surface area contributed by atoms with Crippen LogP contribution in [0.15, 0.2) is 0 Å². The normalized spacial score (nSPS) is 16.3. The van der Waals surface area contributed by atoms with Crippen LogP contribution in [0.3, 0.4) is 0 Å². The predicted molar refractivity (Wildman–Crippen MR) is 42.8 cm³/mol. The van der Waals surface area contributed by atoms with E-state index >= 15 is 0 Å². The summed E-state index contributed by atoms with van der Waals surface area (Å²) in [4.78, 5) is 0. The second kappa shape index (κ2) is 4.79. The van der Waals surface area contributed by atoms with Crippen LogP contribution in [-0.4, -0.2) is 35.8 Å². The fourth-order valence-electron chi connectivity index (χ4n) is 0.705. The van der Waals surface area contributed by atoms with E-state index in [0.29, 0.717) is 0 Å². The van der Waals surface area contributed by atoms with Crippen LogP contribution in [0.25, 0.3) is 0 Å². The molecule has 0 radical (unpaired) electrons. The van der Waals surface area contributed by atoms with E-state index in [0.717, 1.165) is 0 Å². The average Bonchev–Trinajstić information content (AvgIpc) is 2.09. The summed E-state index contributed by atoms with van der Waals surface area (Å²) in [5, 5.41) is 8.89. The molecule has 2 nitrogen and oxygen atoms in total. The Morgan fingerprint density at radius 2 is 1.44 bits per heavy atom. The Morgan fingerprint density at radius 3 is 1.69 bits per heavy atom. The van der Waals surface area contributed by atoms with Gasteiger partial charge in [0.2, 0.25) is 0 Å². The summed E-state index contributed by atoms with van der Waals surface area (Å²) < 4.78 is 77.2. The van der Waals surface area contributed by atoms with Crippen LogP contribution < -0.4 is 0 Å². The highest BCUT2D eigenvalue weighted by atomic mass is 19.4. The van der Waals surface area contributed by atoms with Gasteiger partial charge in [0.15, 0.2) is 0 Å². The maximum atomic E-state index is 12.2. The highest BCUT2D eigenvalue weighted by molar-refractivity contribution is 4.91. The minimum atomic E-state index is -5.58. The zero-order valence-corrected chi connectivity index (χ0v) is 8.61. The zero-order chi connectivity index (χ0) is 13.2. The summed E-state index contributed by atoms with van der Waals surface area (Å²) >= 11 is 0. The van der Waals surface area contributed by atoms with Crippen molar-refractivity contribution in [1.29, 1.82) is 0 Å². The number of alkyl halides is 6. The molecule has 0 aromatic heterocycles. The monoisotopic (exact) mass is 254 g/mol. The van der Waals surface area contributed by atoms with Crippen LogP contribution in [-0.2, 0) is 4.74 Å². The van der Waals surface area contributed by atoms with Crippen LogP contribution in [0.2, 0.25) is 0 Å². The molecule has 0 saturated carbocycles. The van der Waals surface area contributed by atoms with Gasteiger partial charge in [-0.3, -0.25) is 0 Å². The van der Waals surface area contributed by atoms with E-state index in [4.69, 9.17) is 5.11 Å². The Bertz CT molecular complexity index is 208. The van der Waals surface area contributed by atoms with Gasteiger partial charge in [-0.25, -0.2) is 0 Å². The van der Waals surface area contributed by atoms with Crippen molar-refractivity contribution in [2.24, 2.45) is 0 Å². The molecule has 0 heterocycles. The number of aliphatic hydroxyl groups is 1. The number of halogens is 6. The third kappa shape index (κ3) is 3.24. The Balaban J connectivity index is 4.85. The van der Waals surface area contributed by atoms with Crippen molar-refractivity contribution in [3.05, 3.63) is 0 Å². The summed E-state index contributed by atoms with van der Waals surface area (Å²) in [5.74, 6) is 0. The third-order valence-corrected chi connectivity index (χ3v) is 2.12. The van der Waals surface area contributed by atoms with Gasteiger partial charge in [-0.2, -0.15) is 26.3 Å². The van der Waals surface area contributed by atoms with Gasteiger partial charge in [-0.05, 0) is 13.3 Å². The summed E-state index contributed by atoms with van der Waals surface area (Å²) in [6.07, 6.45) is -12.5. The number of ether oxygens (including phenoxy) is 1. The molecule has 0 aliphatic carbocycles. The van der Waals surface area contributed by atoms with Gasteiger partial charge in [0.05, 0.1) is 12.7 Å². The van der Waals surface area contributed by atoms with Gasteiger partial charge in [0.1, 0.15) is 0 Å². The number of rotatable bonds is 4. The summed E-state index contributed by atoms with van der Waals surface area (Å²) in [6, 6.07) is 0. The molecule has 0 fully saturated rings. The molecule has 0 aromatic carbocycles. The fourth-order valence-corrected chi connectivity index (χ4v) is 0.705. The highest BCUT2D eigenvalue weighted by Crippen LogP contribution is 2.45. The van der Waals surface area contributed by atoms with Gasteiger partial charge in [0, 0.05) is 0 Å². The molecule has 1 atom stereocenters. The maximum absolute atomic E-state index is 12.2. The molecule has 8 heteroatoms. The van der Waals surface area contributed by atoms with Crippen molar-refractivity contribution >= 4 is 0 Å². The lowest BCUT2D eigenvalue weighted by molar-refractivity contribution is -0.376. The van der Waals surface area contributed by atoms with Gasteiger partial charge in [0.25, 0.3) is 5.60 Å². The molecule has 0 spiro atoms. The molecular formula is C8H12F6O2. The van der Waals surface area contributed by atoms with E-state index in [2.05, 4.69) is 4.74 Å². The molecule has 16 heavy (non-hydrogen) atoms. The van der Waals surface area contributed by atoms with E-state index in [-0.39, 0.29) is 13.3 Å². The second-order valence-electron chi connectivity index (χ2n) is 3.40. The molecule has 0 aromatic rings. The SMILES string of the molecule is CCC(O)COC(C)(C(F)(F)F)C(F)(F)F. The van der Waals surface area contributed by atoms with Crippen molar-refractivity contribution in [1.82, 2.24) is 0 Å². The molecule has 1 N–H and O–H groups in total. The lowest BCUT2D eigenvalue weighted by Gasteiger charge is -2.34. The van der Waals surface area contributed by atoms with E-state index in [1.807, 2.05) is 0 Å². The minimum Gasteiger partial charge on any atom is -0.391 e. The summed E-state index contributed by atoms with van der Waals surface area (Å²) in [5.41, 5.74) is -4.25. The standard InChI is InChI=1S/C8H12F6O2/c1-3-5(15)4-16-6(2,7(9,10)11)8(12,13)14/h5,15H,3-4H2,1-2H3. The molecular weight excluding hydrogens is 242 g/mol. The van der Waals surface area contributed by atoms with Crippen LogP contribution in [0, 0.1) is 0 Å². The van der Waals surface area contributed by atoms with Gasteiger partial charge in [-0.15, -0.1) is 0 Å². The molecule has 0 rings (SSSR count). The zero-order valence-electron chi connectivity index (χ0n) is 8.61. The van der Waals surface area contributed by atoms with Gasteiger partial charge >= 0.3 is 12.4 Å². The average molecular weight is 254 g/mol. The lowest BCUT2D eigenvalue weighted by Crippen LogP contribution is -2.57. The molecule has 0 bridgehead atoms. The predicted octanol–water partition coefficient (Wildman–Crippen LogP) is 2.66. The first-order valence-electron chi connectivity index (χ1n) is 4.41. The quantitative estimate of drug-likeness (QED) is 0.781. The molecule has 0 aliphatic rings. The smallest absolute Gasteiger partial charge is 0.391 e. The Labute approximate surface area is 88.2 Å². The van der Waals surface area contributed by atoms with Crippen LogP contribution in [0.5, 0.6) is 0 Å². The topological polar surface area (TPSA) is 29.5 Å². The highest BCUT2D eigenvalue weighted by Gasteiger charge is 2.69. The van der Waals surface area contributed by atoms with Crippen LogP contribution in [0.4, 0.5) is 26.3 Å². The molecule has 0 saturated heterocycles. The molecule has 1 unspecified atom stereocenters. The van der Waals surface area contributed by atoms with E-state index in [1.54, 1.807) is 0 Å².